The second-order valence-electron chi connectivity index (χ2n) is 3.59. The molecule has 0 bridgehead atoms. The van der Waals surface area contributed by atoms with Gasteiger partial charge in [-0.25, -0.2) is 0 Å². The Morgan fingerprint density at radius 3 is 1.81 bits per heavy atom. The van der Waals surface area contributed by atoms with Crippen molar-refractivity contribution in [2.75, 3.05) is 12.3 Å². The highest BCUT2D eigenvalue weighted by Crippen LogP contribution is 2.23. The van der Waals surface area contributed by atoms with Crippen molar-refractivity contribution in [3.05, 3.63) is 48.3 Å². The van der Waals surface area contributed by atoms with E-state index in [1.165, 1.54) is 0 Å². The molecule has 0 radical (unpaired) electrons. The van der Waals surface area contributed by atoms with Crippen LogP contribution in [0, 0.1) is 0 Å². The van der Waals surface area contributed by atoms with Gasteiger partial charge in [0, 0.05) is 12.8 Å². The lowest BCUT2D eigenvalue weighted by Gasteiger charge is -1.89. The predicted molar refractivity (Wildman–Crippen MR) is 62.2 cm³/mol. The number of aryl methyl sites for hydroxylation is 2. The molecule has 4 heteroatoms. The third-order valence-electron chi connectivity index (χ3n) is 2.38. The second-order valence-corrected chi connectivity index (χ2v) is 5.45. The fraction of sp³-hybridized carbons (Fsp3) is 0.333. The zero-order chi connectivity index (χ0) is 11.2. The van der Waals surface area contributed by atoms with Crippen LogP contribution >= 0.6 is 7.80 Å². The molecule has 0 unspecified atom stereocenters. The summed E-state index contributed by atoms with van der Waals surface area (Å²) in [5, 5.41) is 0. The molecule has 0 fully saturated rings. The van der Waals surface area contributed by atoms with Gasteiger partial charge in [0.25, 0.3) is 0 Å². The molecule has 2 heterocycles. The van der Waals surface area contributed by atoms with Crippen LogP contribution in [-0.4, -0.2) is 12.3 Å². The van der Waals surface area contributed by atoms with Gasteiger partial charge in [-0.15, -0.1) is 0 Å². The van der Waals surface area contributed by atoms with Crippen LogP contribution in [0.2, 0.25) is 0 Å². The second kappa shape index (κ2) is 5.66. The summed E-state index contributed by atoms with van der Waals surface area (Å²) < 4.78 is 22.1. The molecule has 0 saturated heterocycles. The van der Waals surface area contributed by atoms with Crippen LogP contribution < -0.4 is 0 Å². The van der Waals surface area contributed by atoms with Crippen LogP contribution in [0.4, 0.5) is 0 Å². The number of furan rings is 2. The fourth-order valence-electron chi connectivity index (χ4n) is 1.49. The fourth-order valence-corrected chi connectivity index (χ4v) is 2.65. The molecule has 2 rings (SSSR count). The lowest BCUT2D eigenvalue weighted by molar-refractivity contribution is 0.511. The molecule has 3 nitrogen and oxygen atoms in total. The average Bonchev–Trinajstić information content (AvgIpc) is 2.96. The van der Waals surface area contributed by atoms with E-state index < -0.39 is 7.80 Å². The third-order valence-corrected chi connectivity index (χ3v) is 3.82. The minimum absolute atomic E-state index is 0.684. The monoisotopic (exact) mass is 237 g/mol. The topological polar surface area (TPSA) is 43.4 Å². The molecule has 2 aromatic rings. The lowest BCUT2D eigenvalue weighted by atomic mass is 10.4. The first-order valence-electron chi connectivity index (χ1n) is 5.31. The normalized spacial score (nSPS) is 10.5. The van der Waals surface area contributed by atoms with Gasteiger partial charge in [0.15, 0.2) is 12.3 Å². The molecule has 84 valence electrons. The standard InChI is InChI=1S/C12H14O3P/c13-16(9-5-11-3-1-7-14-11)10-6-12-4-2-8-15-12/h1-4,7-8H,5-6,9-10H2/q+1. The van der Waals surface area contributed by atoms with Crippen LogP contribution in [0.5, 0.6) is 0 Å². The van der Waals surface area contributed by atoms with Crippen molar-refractivity contribution in [2.45, 2.75) is 12.8 Å². The molecule has 0 aliphatic carbocycles. The van der Waals surface area contributed by atoms with Crippen molar-refractivity contribution in [3.8, 4) is 0 Å². The van der Waals surface area contributed by atoms with E-state index in [-0.39, 0.29) is 0 Å². The summed E-state index contributed by atoms with van der Waals surface area (Å²) >= 11 is 0. The van der Waals surface area contributed by atoms with E-state index in [0.717, 1.165) is 24.4 Å². The number of rotatable bonds is 6. The van der Waals surface area contributed by atoms with Crippen molar-refractivity contribution in [2.24, 2.45) is 0 Å². The quantitative estimate of drug-likeness (QED) is 0.722. The first-order chi connectivity index (χ1) is 7.84. The highest BCUT2D eigenvalue weighted by Gasteiger charge is 2.16. The molecule has 0 aromatic carbocycles. The van der Waals surface area contributed by atoms with Crippen LogP contribution in [-0.2, 0) is 17.4 Å². The zero-order valence-electron chi connectivity index (χ0n) is 8.96. The van der Waals surface area contributed by atoms with E-state index in [2.05, 4.69) is 0 Å². The maximum Gasteiger partial charge on any atom is 0.339 e. The summed E-state index contributed by atoms with van der Waals surface area (Å²) in [6.07, 6.45) is 6.16. The zero-order valence-corrected chi connectivity index (χ0v) is 9.86. The van der Waals surface area contributed by atoms with Crippen LogP contribution in [0.15, 0.2) is 45.6 Å². The van der Waals surface area contributed by atoms with E-state index in [1.54, 1.807) is 12.5 Å². The largest absolute Gasteiger partial charge is 0.469 e. The molecule has 0 aliphatic heterocycles. The predicted octanol–water partition coefficient (Wildman–Crippen LogP) is 3.49. The minimum Gasteiger partial charge on any atom is -0.469 e. The molecule has 0 atom stereocenters. The maximum absolute atomic E-state index is 11.7. The summed E-state index contributed by atoms with van der Waals surface area (Å²) in [6.45, 7) is 0. The van der Waals surface area contributed by atoms with Gasteiger partial charge in [-0.1, -0.05) is 4.57 Å². The Kier molecular flexibility index (Phi) is 3.95. The van der Waals surface area contributed by atoms with Gasteiger partial charge in [0.05, 0.1) is 12.5 Å². The SMILES string of the molecule is O=[P+](CCc1ccco1)CCc1ccco1. The van der Waals surface area contributed by atoms with Crippen molar-refractivity contribution >= 4 is 7.80 Å². The van der Waals surface area contributed by atoms with Crippen molar-refractivity contribution in [3.63, 3.8) is 0 Å². The lowest BCUT2D eigenvalue weighted by Crippen LogP contribution is -1.91. The molecule has 0 amide bonds. The molecule has 0 spiro atoms. The first-order valence-corrected chi connectivity index (χ1v) is 6.94. The summed E-state index contributed by atoms with van der Waals surface area (Å²) in [4.78, 5) is 0. The Balaban J connectivity index is 1.69. The van der Waals surface area contributed by atoms with Crippen LogP contribution in [0.3, 0.4) is 0 Å². The summed E-state index contributed by atoms with van der Waals surface area (Å²) in [6, 6.07) is 7.53. The smallest absolute Gasteiger partial charge is 0.339 e. The van der Waals surface area contributed by atoms with Crippen molar-refractivity contribution in [1.82, 2.24) is 0 Å². The number of hydrogen-bond acceptors (Lipinski definition) is 3. The number of hydrogen-bond donors (Lipinski definition) is 0. The van der Waals surface area contributed by atoms with Crippen LogP contribution in [0.25, 0.3) is 0 Å². The van der Waals surface area contributed by atoms with E-state index in [0.29, 0.717) is 12.3 Å². The van der Waals surface area contributed by atoms with E-state index in [4.69, 9.17) is 8.83 Å². The highest BCUT2D eigenvalue weighted by molar-refractivity contribution is 7.44. The molecular weight excluding hydrogens is 223 g/mol. The van der Waals surface area contributed by atoms with Gasteiger partial charge >= 0.3 is 7.80 Å². The minimum atomic E-state index is -1.16. The molecule has 0 aliphatic rings. The van der Waals surface area contributed by atoms with Gasteiger partial charge in [-0.05, 0) is 24.3 Å². The summed E-state index contributed by atoms with van der Waals surface area (Å²) in [5.74, 6) is 1.81. The van der Waals surface area contributed by atoms with Gasteiger partial charge in [-0.2, -0.15) is 0 Å². The Labute approximate surface area is 95.2 Å². The Bertz CT molecular complexity index is 377. The average molecular weight is 237 g/mol. The van der Waals surface area contributed by atoms with Gasteiger partial charge in [0.2, 0.25) is 0 Å². The summed E-state index contributed by atoms with van der Waals surface area (Å²) in [5.41, 5.74) is 0. The van der Waals surface area contributed by atoms with Gasteiger partial charge in [-0.3, -0.25) is 0 Å². The Hall–Kier alpha value is -1.34. The molecule has 2 aromatic heterocycles. The Morgan fingerprint density at radius 1 is 0.938 bits per heavy atom. The molecule has 16 heavy (non-hydrogen) atoms. The van der Waals surface area contributed by atoms with E-state index in [9.17, 15) is 4.57 Å². The van der Waals surface area contributed by atoms with Gasteiger partial charge in [0.1, 0.15) is 11.5 Å². The maximum atomic E-state index is 11.7. The highest BCUT2D eigenvalue weighted by atomic mass is 31.1. The van der Waals surface area contributed by atoms with Crippen LogP contribution in [0.1, 0.15) is 11.5 Å². The molecule has 0 saturated carbocycles. The summed E-state index contributed by atoms with van der Waals surface area (Å²) in [7, 11) is -1.16. The molecular formula is C12H14O3P+. The first kappa shape index (κ1) is 11.2. The van der Waals surface area contributed by atoms with E-state index >= 15 is 0 Å². The van der Waals surface area contributed by atoms with Gasteiger partial charge < -0.3 is 8.83 Å². The Morgan fingerprint density at radius 2 is 1.44 bits per heavy atom. The van der Waals surface area contributed by atoms with Crippen molar-refractivity contribution < 1.29 is 13.4 Å². The third kappa shape index (κ3) is 3.35. The van der Waals surface area contributed by atoms with E-state index in [1.807, 2.05) is 24.3 Å². The van der Waals surface area contributed by atoms with Crippen molar-refractivity contribution in [1.29, 1.82) is 0 Å². The molecule has 0 N–H and O–H groups in total.